The van der Waals surface area contributed by atoms with Crippen LogP contribution < -0.4 is 0 Å². The number of rotatable bonds is 6. The van der Waals surface area contributed by atoms with Gasteiger partial charge in [0.15, 0.2) is 0 Å². The maximum Gasteiger partial charge on any atom is 0.406 e. The number of ether oxygens (including phenoxy) is 1. The zero-order valence-electron chi connectivity index (χ0n) is 13.7. The number of benzene rings is 1. The predicted molar refractivity (Wildman–Crippen MR) is 81.1 cm³/mol. The number of alkyl halides is 3. The Bertz CT molecular complexity index is 713. The molecule has 0 radical (unpaired) electrons. The van der Waals surface area contributed by atoms with Crippen molar-refractivity contribution in [2.45, 2.75) is 13.1 Å². The molecule has 0 unspecified atom stereocenters. The highest BCUT2D eigenvalue weighted by atomic mass is 19.4. The molecule has 0 aromatic heterocycles. The number of imide groups is 1. The van der Waals surface area contributed by atoms with Crippen LogP contribution in [-0.4, -0.2) is 65.9 Å². The lowest BCUT2D eigenvalue weighted by Gasteiger charge is -2.24. The Morgan fingerprint density at radius 1 is 1.12 bits per heavy atom. The summed E-state index contributed by atoms with van der Waals surface area (Å²) in [7, 11) is 0. The van der Waals surface area contributed by atoms with Crippen LogP contribution in [0, 0.1) is 0 Å². The molecule has 0 atom stereocenters. The molecule has 2 rings (SSSR count). The fourth-order valence-corrected chi connectivity index (χ4v) is 2.43. The summed E-state index contributed by atoms with van der Waals surface area (Å²) in [6.45, 7) is -2.14. The van der Waals surface area contributed by atoms with Crippen molar-refractivity contribution in [1.82, 2.24) is 9.80 Å². The molecule has 1 aromatic rings. The molecule has 0 N–H and O–H groups in total. The largest absolute Gasteiger partial charge is 0.465 e. The molecule has 7 nitrogen and oxygen atoms in total. The van der Waals surface area contributed by atoms with E-state index in [2.05, 4.69) is 4.74 Å². The zero-order valence-corrected chi connectivity index (χ0v) is 13.7. The number of carbonyl (C=O) groups excluding carboxylic acids is 4. The molecule has 0 saturated carbocycles. The van der Waals surface area contributed by atoms with E-state index in [4.69, 9.17) is 0 Å². The topological polar surface area (TPSA) is 84.0 Å². The Kier molecular flexibility index (Phi) is 5.63. The second-order valence-electron chi connectivity index (χ2n) is 5.41. The van der Waals surface area contributed by atoms with Crippen LogP contribution in [0.25, 0.3) is 0 Å². The fourth-order valence-electron chi connectivity index (χ4n) is 2.43. The Hall–Kier alpha value is -2.91. The molecule has 1 heterocycles. The van der Waals surface area contributed by atoms with Crippen LogP contribution in [0.5, 0.6) is 0 Å². The molecule has 0 saturated heterocycles. The van der Waals surface area contributed by atoms with Gasteiger partial charge in [-0.15, -0.1) is 0 Å². The van der Waals surface area contributed by atoms with Gasteiger partial charge in [0.1, 0.15) is 19.6 Å². The minimum atomic E-state index is -4.76. The molecule has 0 aliphatic carbocycles. The van der Waals surface area contributed by atoms with Crippen molar-refractivity contribution in [3.8, 4) is 0 Å². The fraction of sp³-hybridized carbons (Fsp3) is 0.375. The van der Waals surface area contributed by atoms with Crippen LogP contribution in [-0.2, 0) is 14.3 Å². The average molecular weight is 372 g/mol. The van der Waals surface area contributed by atoms with E-state index in [0.29, 0.717) is 4.90 Å². The van der Waals surface area contributed by atoms with Gasteiger partial charge in [-0.25, -0.2) is 0 Å². The van der Waals surface area contributed by atoms with E-state index in [1.54, 1.807) is 0 Å². The maximum atomic E-state index is 12.7. The number of nitrogens with zero attached hydrogens (tertiary/aromatic N) is 2. The Balaban J connectivity index is 2.15. The molecule has 0 fully saturated rings. The zero-order chi connectivity index (χ0) is 19.5. The number of carbonyl (C=O) groups is 4. The highest BCUT2D eigenvalue weighted by Gasteiger charge is 2.39. The molecule has 0 spiro atoms. The number of hydrogen-bond donors (Lipinski definition) is 0. The normalized spacial score (nSPS) is 13.6. The summed E-state index contributed by atoms with van der Waals surface area (Å²) in [6.07, 6.45) is -4.76. The maximum absolute atomic E-state index is 12.7. The Labute approximate surface area is 146 Å². The lowest BCUT2D eigenvalue weighted by molar-refractivity contribution is -0.167. The Morgan fingerprint density at radius 2 is 1.65 bits per heavy atom. The molecule has 1 aromatic carbocycles. The van der Waals surface area contributed by atoms with Crippen molar-refractivity contribution in [2.24, 2.45) is 0 Å². The quantitative estimate of drug-likeness (QED) is 0.554. The predicted octanol–water partition coefficient (Wildman–Crippen LogP) is 1.24. The number of esters is 1. The lowest BCUT2D eigenvalue weighted by atomic mass is 10.1. The second-order valence-corrected chi connectivity index (χ2v) is 5.41. The molecule has 26 heavy (non-hydrogen) atoms. The summed E-state index contributed by atoms with van der Waals surface area (Å²) in [5.74, 6) is -3.76. The monoisotopic (exact) mass is 372 g/mol. The van der Waals surface area contributed by atoms with Crippen LogP contribution >= 0.6 is 0 Å². The molecule has 1 aliphatic rings. The van der Waals surface area contributed by atoms with Gasteiger partial charge in [-0.2, -0.15) is 13.2 Å². The van der Waals surface area contributed by atoms with E-state index < -0.39 is 49.5 Å². The van der Waals surface area contributed by atoms with E-state index in [9.17, 15) is 32.3 Å². The average Bonchev–Trinajstić information content (AvgIpc) is 2.78. The number of halogens is 3. The van der Waals surface area contributed by atoms with Gasteiger partial charge >= 0.3 is 12.1 Å². The summed E-state index contributed by atoms with van der Waals surface area (Å²) in [5.41, 5.74) is 0.135. The first-order valence-corrected chi connectivity index (χ1v) is 7.59. The van der Waals surface area contributed by atoms with Crippen molar-refractivity contribution in [1.29, 1.82) is 0 Å². The van der Waals surface area contributed by atoms with Crippen LogP contribution in [0.15, 0.2) is 24.3 Å². The number of hydrogen-bond acceptors (Lipinski definition) is 5. The third-order valence-corrected chi connectivity index (χ3v) is 3.52. The molecule has 0 bridgehead atoms. The van der Waals surface area contributed by atoms with Gasteiger partial charge in [0.05, 0.1) is 17.7 Å². The molecular formula is C16H15F3N2O5. The first-order valence-electron chi connectivity index (χ1n) is 7.59. The third-order valence-electron chi connectivity index (χ3n) is 3.52. The first kappa shape index (κ1) is 19.4. The van der Waals surface area contributed by atoms with Crippen molar-refractivity contribution < 1.29 is 37.1 Å². The standard InChI is InChI=1S/C16H15F3N2O5/c1-2-26-13(23)8-20(9-16(17,18)19)12(22)7-21-14(24)10-5-3-4-6-11(10)15(21)25/h3-6H,2,7-9H2,1H3. The minimum Gasteiger partial charge on any atom is -0.465 e. The molecule has 10 heteroatoms. The van der Waals surface area contributed by atoms with E-state index in [-0.39, 0.29) is 22.6 Å². The van der Waals surface area contributed by atoms with E-state index in [0.717, 1.165) is 0 Å². The van der Waals surface area contributed by atoms with Crippen LogP contribution in [0.4, 0.5) is 13.2 Å². The van der Waals surface area contributed by atoms with E-state index in [1.807, 2.05) is 0 Å². The first-order chi connectivity index (χ1) is 12.1. The van der Waals surface area contributed by atoms with Crippen molar-refractivity contribution in [3.63, 3.8) is 0 Å². The highest BCUT2D eigenvalue weighted by Crippen LogP contribution is 2.23. The van der Waals surface area contributed by atoms with E-state index in [1.165, 1.54) is 31.2 Å². The van der Waals surface area contributed by atoms with E-state index >= 15 is 0 Å². The third kappa shape index (κ3) is 4.38. The van der Waals surface area contributed by atoms with Crippen molar-refractivity contribution >= 4 is 23.7 Å². The van der Waals surface area contributed by atoms with Gasteiger partial charge in [-0.3, -0.25) is 24.1 Å². The van der Waals surface area contributed by atoms with Crippen molar-refractivity contribution in [3.05, 3.63) is 35.4 Å². The molecule has 140 valence electrons. The molecular weight excluding hydrogens is 357 g/mol. The van der Waals surface area contributed by atoms with Gasteiger partial charge in [0.25, 0.3) is 11.8 Å². The van der Waals surface area contributed by atoms with Crippen LogP contribution in [0.2, 0.25) is 0 Å². The molecule has 3 amide bonds. The van der Waals surface area contributed by atoms with Crippen LogP contribution in [0.1, 0.15) is 27.6 Å². The van der Waals surface area contributed by atoms with Gasteiger partial charge < -0.3 is 9.64 Å². The summed E-state index contributed by atoms with van der Waals surface area (Å²) in [5, 5.41) is 0. The smallest absolute Gasteiger partial charge is 0.406 e. The summed E-state index contributed by atoms with van der Waals surface area (Å²) in [4.78, 5) is 48.8. The second kappa shape index (κ2) is 7.54. The van der Waals surface area contributed by atoms with Gasteiger partial charge in [-0.05, 0) is 19.1 Å². The summed E-state index contributed by atoms with van der Waals surface area (Å²) < 4.78 is 42.6. The van der Waals surface area contributed by atoms with Crippen LogP contribution in [0.3, 0.4) is 0 Å². The molecule has 1 aliphatic heterocycles. The Morgan fingerprint density at radius 3 is 2.12 bits per heavy atom. The summed E-state index contributed by atoms with van der Waals surface area (Å²) >= 11 is 0. The number of fused-ring (bicyclic) bond motifs is 1. The lowest BCUT2D eigenvalue weighted by Crippen LogP contribution is -2.48. The number of amides is 3. The van der Waals surface area contributed by atoms with Crippen molar-refractivity contribution in [2.75, 3.05) is 26.2 Å². The minimum absolute atomic E-state index is 0.0642. The van der Waals surface area contributed by atoms with Gasteiger partial charge in [-0.1, -0.05) is 12.1 Å². The van der Waals surface area contributed by atoms with Gasteiger partial charge in [0.2, 0.25) is 5.91 Å². The van der Waals surface area contributed by atoms with Gasteiger partial charge in [0, 0.05) is 0 Å². The highest BCUT2D eigenvalue weighted by molar-refractivity contribution is 6.22. The summed E-state index contributed by atoms with van der Waals surface area (Å²) in [6, 6.07) is 5.80. The SMILES string of the molecule is CCOC(=O)CN(CC(F)(F)F)C(=O)CN1C(=O)c2ccccc2C1=O.